The number of carbonyl (C=O) groups is 1. The van der Waals surface area contributed by atoms with E-state index < -0.39 is 0 Å². The van der Waals surface area contributed by atoms with Gasteiger partial charge in [0.25, 0.3) is 0 Å². The van der Waals surface area contributed by atoms with E-state index in [2.05, 4.69) is 13.8 Å². The highest BCUT2D eigenvalue weighted by Gasteiger charge is 2.24. The van der Waals surface area contributed by atoms with Crippen LogP contribution in [-0.2, 0) is 16.1 Å². The van der Waals surface area contributed by atoms with Crippen LogP contribution in [0.3, 0.4) is 0 Å². The van der Waals surface area contributed by atoms with Crippen LogP contribution < -0.4 is 5.43 Å². The molecule has 20 heavy (non-hydrogen) atoms. The van der Waals surface area contributed by atoms with Crippen molar-refractivity contribution >= 4 is 5.91 Å². The molecule has 0 unspecified atom stereocenters. The van der Waals surface area contributed by atoms with Crippen molar-refractivity contribution in [3.05, 3.63) is 34.7 Å². The Hall–Kier alpha value is -1.62. The number of ether oxygens (including phenoxy) is 1. The SMILES string of the molecule is CC(C)C[C@H]1CN(C(=O)Cn2ccc(=O)cc2)CCO1. The van der Waals surface area contributed by atoms with Gasteiger partial charge in [-0.3, -0.25) is 9.59 Å². The van der Waals surface area contributed by atoms with Crippen molar-refractivity contribution in [1.29, 1.82) is 0 Å². The van der Waals surface area contributed by atoms with Crippen LogP contribution in [0.1, 0.15) is 20.3 Å². The molecule has 1 aliphatic rings. The topological polar surface area (TPSA) is 51.5 Å². The summed E-state index contributed by atoms with van der Waals surface area (Å²) in [6.07, 6.45) is 4.40. The Balaban J connectivity index is 1.91. The maximum atomic E-state index is 12.3. The molecule has 1 aromatic heterocycles. The fraction of sp³-hybridized carbons (Fsp3) is 0.600. The molecule has 110 valence electrons. The Morgan fingerprint density at radius 2 is 2.10 bits per heavy atom. The highest BCUT2D eigenvalue weighted by Crippen LogP contribution is 2.14. The van der Waals surface area contributed by atoms with Gasteiger partial charge in [0, 0.05) is 37.6 Å². The Morgan fingerprint density at radius 1 is 1.40 bits per heavy atom. The molecule has 2 heterocycles. The van der Waals surface area contributed by atoms with E-state index in [1.807, 2.05) is 4.90 Å². The highest BCUT2D eigenvalue weighted by molar-refractivity contribution is 5.76. The van der Waals surface area contributed by atoms with Crippen LogP contribution in [0.5, 0.6) is 0 Å². The van der Waals surface area contributed by atoms with Crippen LogP contribution in [0, 0.1) is 5.92 Å². The van der Waals surface area contributed by atoms with Gasteiger partial charge in [-0.2, -0.15) is 0 Å². The van der Waals surface area contributed by atoms with Crippen LogP contribution in [0.2, 0.25) is 0 Å². The highest BCUT2D eigenvalue weighted by atomic mass is 16.5. The fourth-order valence-corrected chi connectivity index (χ4v) is 2.42. The molecular formula is C15H22N2O3. The lowest BCUT2D eigenvalue weighted by atomic mass is 10.0. The van der Waals surface area contributed by atoms with Gasteiger partial charge in [-0.25, -0.2) is 0 Å². The number of hydrogen-bond acceptors (Lipinski definition) is 3. The van der Waals surface area contributed by atoms with Crippen LogP contribution in [0.15, 0.2) is 29.3 Å². The minimum atomic E-state index is -0.0444. The average Bonchev–Trinajstić information content (AvgIpc) is 2.41. The quantitative estimate of drug-likeness (QED) is 0.829. The lowest BCUT2D eigenvalue weighted by molar-refractivity contribution is -0.140. The van der Waals surface area contributed by atoms with Crippen molar-refractivity contribution < 1.29 is 9.53 Å². The Bertz CT molecular complexity index is 490. The van der Waals surface area contributed by atoms with Gasteiger partial charge in [0.1, 0.15) is 6.54 Å². The molecule has 0 aromatic carbocycles. The lowest BCUT2D eigenvalue weighted by Crippen LogP contribution is -2.47. The number of aromatic nitrogens is 1. The second kappa shape index (κ2) is 6.70. The van der Waals surface area contributed by atoms with E-state index >= 15 is 0 Å². The largest absolute Gasteiger partial charge is 0.375 e. The number of rotatable bonds is 4. The molecular weight excluding hydrogens is 256 g/mol. The summed E-state index contributed by atoms with van der Waals surface area (Å²) in [7, 11) is 0. The molecule has 5 nitrogen and oxygen atoms in total. The first-order chi connectivity index (χ1) is 9.54. The summed E-state index contributed by atoms with van der Waals surface area (Å²) in [6, 6.07) is 2.93. The molecule has 1 aliphatic heterocycles. The molecule has 1 atom stereocenters. The summed E-state index contributed by atoms with van der Waals surface area (Å²) in [4.78, 5) is 25.1. The van der Waals surface area contributed by atoms with E-state index in [0.29, 0.717) is 25.6 Å². The summed E-state index contributed by atoms with van der Waals surface area (Å²) < 4.78 is 7.43. The first-order valence-corrected chi connectivity index (χ1v) is 7.10. The van der Waals surface area contributed by atoms with Crippen molar-refractivity contribution in [2.24, 2.45) is 5.92 Å². The molecule has 1 fully saturated rings. The molecule has 0 radical (unpaired) electrons. The number of carbonyl (C=O) groups excluding carboxylic acids is 1. The number of morpholine rings is 1. The molecule has 1 aromatic rings. The lowest BCUT2D eigenvalue weighted by Gasteiger charge is -2.34. The molecule has 1 saturated heterocycles. The smallest absolute Gasteiger partial charge is 0.242 e. The van der Waals surface area contributed by atoms with Crippen LogP contribution >= 0.6 is 0 Å². The van der Waals surface area contributed by atoms with Crippen molar-refractivity contribution in [2.45, 2.75) is 32.9 Å². The summed E-state index contributed by atoms with van der Waals surface area (Å²) in [5, 5.41) is 0. The molecule has 0 aliphatic carbocycles. The van der Waals surface area contributed by atoms with E-state index in [9.17, 15) is 9.59 Å². The third-order valence-corrected chi connectivity index (χ3v) is 3.40. The zero-order valence-corrected chi connectivity index (χ0v) is 12.1. The Morgan fingerprint density at radius 3 is 2.75 bits per heavy atom. The number of pyridine rings is 1. The number of nitrogens with zero attached hydrogens (tertiary/aromatic N) is 2. The molecule has 0 saturated carbocycles. The van der Waals surface area contributed by atoms with E-state index in [0.717, 1.165) is 6.42 Å². The van der Waals surface area contributed by atoms with Crippen molar-refractivity contribution in [3.8, 4) is 0 Å². The predicted octanol–water partition coefficient (Wildman–Crippen LogP) is 1.12. The van der Waals surface area contributed by atoms with Gasteiger partial charge in [0.05, 0.1) is 12.7 Å². The maximum Gasteiger partial charge on any atom is 0.242 e. The molecule has 2 rings (SSSR count). The predicted molar refractivity (Wildman–Crippen MR) is 76.5 cm³/mol. The Labute approximate surface area is 119 Å². The van der Waals surface area contributed by atoms with Crippen molar-refractivity contribution in [3.63, 3.8) is 0 Å². The number of hydrogen-bond donors (Lipinski definition) is 0. The minimum absolute atomic E-state index is 0.0444. The molecule has 0 bridgehead atoms. The van der Waals surface area contributed by atoms with Crippen LogP contribution in [0.4, 0.5) is 0 Å². The molecule has 0 N–H and O–H groups in total. The first kappa shape index (κ1) is 14.8. The van der Waals surface area contributed by atoms with E-state index in [1.54, 1.807) is 17.0 Å². The fourth-order valence-electron chi connectivity index (χ4n) is 2.42. The minimum Gasteiger partial charge on any atom is -0.375 e. The zero-order chi connectivity index (χ0) is 14.5. The second-order valence-corrected chi connectivity index (χ2v) is 5.67. The van der Waals surface area contributed by atoms with E-state index in [4.69, 9.17) is 4.74 Å². The first-order valence-electron chi connectivity index (χ1n) is 7.10. The summed E-state index contributed by atoms with van der Waals surface area (Å²) >= 11 is 0. The third-order valence-electron chi connectivity index (χ3n) is 3.40. The Kier molecular flexibility index (Phi) is 4.95. The van der Waals surface area contributed by atoms with Crippen LogP contribution in [0.25, 0.3) is 0 Å². The third kappa shape index (κ3) is 4.20. The summed E-state index contributed by atoms with van der Waals surface area (Å²) in [5.74, 6) is 0.639. The van der Waals surface area contributed by atoms with Gasteiger partial charge >= 0.3 is 0 Å². The monoisotopic (exact) mass is 278 g/mol. The second-order valence-electron chi connectivity index (χ2n) is 5.67. The zero-order valence-electron chi connectivity index (χ0n) is 12.1. The van der Waals surface area contributed by atoms with Crippen molar-refractivity contribution in [2.75, 3.05) is 19.7 Å². The van der Waals surface area contributed by atoms with E-state index in [-0.39, 0.29) is 24.0 Å². The van der Waals surface area contributed by atoms with Crippen molar-refractivity contribution in [1.82, 2.24) is 9.47 Å². The van der Waals surface area contributed by atoms with Gasteiger partial charge in [-0.1, -0.05) is 13.8 Å². The number of amides is 1. The van der Waals surface area contributed by atoms with Gasteiger partial charge in [-0.05, 0) is 12.3 Å². The maximum absolute atomic E-state index is 12.3. The normalized spacial score (nSPS) is 19.4. The van der Waals surface area contributed by atoms with E-state index in [1.165, 1.54) is 12.1 Å². The molecule has 0 spiro atoms. The average molecular weight is 278 g/mol. The van der Waals surface area contributed by atoms with Gasteiger partial charge in [-0.15, -0.1) is 0 Å². The van der Waals surface area contributed by atoms with Gasteiger partial charge < -0.3 is 14.2 Å². The van der Waals surface area contributed by atoms with Gasteiger partial charge in [0.2, 0.25) is 5.91 Å². The summed E-state index contributed by atoms with van der Waals surface area (Å²) in [5.41, 5.74) is -0.0444. The molecule has 1 amide bonds. The standard InChI is InChI=1S/C15H22N2O3/c1-12(2)9-14-10-17(7-8-20-14)15(19)11-16-5-3-13(18)4-6-16/h3-6,12,14H,7-11H2,1-2H3/t14-/m0/s1. The van der Waals surface area contributed by atoms with Crippen LogP contribution in [-0.4, -0.2) is 41.2 Å². The van der Waals surface area contributed by atoms with Gasteiger partial charge in [0.15, 0.2) is 5.43 Å². The molecule has 5 heteroatoms. The summed E-state index contributed by atoms with van der Waals surface area (Å²) in [6.45, 7) is 6.50.